The first-order valence-electron chi connectivity index (χ1n) is 10.4. The van der Waals surface area contributed by atoms with Gasteiger partial charge < -0.3 is 9.64 Å². The molecule has 0 bridgehead atoms. The number of nitrogens with zero attached hydrogens (tertiary/aromatic N) is 3. The van der Waals surface area contributed by atoms with Crippen LogP contribution in [0.2, 0.25) is 0 Å². The van der Waals surface area contributed by atoms with Crippen LogP contribution >= 0.6 is 23.1 Å². The number of hydrogen-bond donors (Lipinski definition) is 0. The smallest absolute Gasteiger partial charge is 0.239 e. The van der Waals surface area contributed by atoms with Crippen LogP contribution in [-0.2, 0) is 4.79 Å². The summed E-state index contributed by atoms with van der Waals surface area (Å²) in [5, 5.41) is 0.739. The molecule has 7 heteroatoms. The van der Waals surface area contributed by atoms with Crippen LogP contribution in [0.25, 0.3) is 10.2 Å². The molecule has 0 N–H and O–H groups in total. The van der Waals surface area contributed by atoms with Crippen molar-refractivity contribution in [2.75, 3.05) is 43.4 Å². The van der Waals surface area contributed by atoms with Crippen molar-refractivity contribution in [1.29, 1.82) is 0 Å². The Morgan fingerprint density at radius 2 is 1.80 bits per heavy atom. The minimum Gasteiger partial charge on any atom is -0.492 e. The van der Waals surface area contributed by atoms with E-state index in [1.54, 1.807) is 23.1 Å². The quantitative estimate of drug-likeness (QED) is 0.383. The lowest BCUT2D eigenvalue weighted by Gasteiger charge is -2.24. The molecule has 0 fully saturated rings. The minimum absolute atomic E-state index is 0.0769. The zero-order chi connectivity index (χ0) is 21.3. The SMILES string of the molecule is CCOc1cccc2sc(N(CCN(CC)CC)C(=O)CSc3ccccc3)nc12. The van der Waals surface area contributed by atoms with Crippen molar-refractivity contribution in [3.05, 3.63) is 48.5 Å². The first-order chi connectivity index (χ1) is 14.7. The molecule has 0 spiro atoms. The molecule has 2 aromatic carbocycles. The summed E-state index contributed by atoms with van der Waals surface area (Å²) in [4.78, 5) is 23.3. The summed E-state index contributed by atoms with van der Waals surface area (Å²) in [6, 6.07) is 16.0. The highest BCUT2D eigenvalue weighted by Crippen LogP contribution is 2.34. The number of ether oxygens (including phenoxy) is 1. The largest absolute Gasteiger partial charge is 0.492 e. The number of fused-ring (bicyclic) bond motifs is 1. The summed E-state index contributed by atoms with van der Waals surface area (Å²) in [6.45, 7) is 10.2. The van der Waals surface area contributed by atoms with E-state index < -0.39 is 0 Å². The molecule has 0 unspecified atom stereocenters. The molecule has 1 amide bonds. The fourth-order valence-corrected chi connectivity index (χ4v) is 4.97. The van der Waals surface area contributed by atoms with E-state index in [4.69, 9.17) is 9.72 Å². The van der Waals surface area contributed by atoms with E-state index in [0.29, 0.717) is 18.9 Å². The second-order valence-corrected chi connectivity index (χ2v) is 8.76. The van der Waals surface area contributed by atoms with E-state index >= 15 is 0 Å². The molecule has 30 heavy (non-hydrogen) atoms. The van der Waals surface area contributed by atoms with Gasteiger partial charge in [-0.2, -0.15) is 0 Å². The summed E-state index contributed by atoms with van der Waals surface area (Å²) >= 11 is 3.11. The summed E-state index contributed by atoms with van der Waals surface area (Å²) < 4.78 is 6.77. The van der Waals surface area contributed by atoms with Crippen LogP contribution in [0.3, 0.4) is 0 Å². The Morgan fingerprint density at radius 3 is 2.50 bits per heavy atom. The van der Waals surface area contributed by atoms with Gasteiger partial charge in [-0.05, 0) is 44.3 Å². The van der Waals surface area contributed by atoms with E-state index in [9.17, 15) is 4.79 Å². The average molecular weight is 444 g/mol. The number of likely N-dealkylation sites (N-methyl/N-ethyl adjacent to an activating group) is 1. The van der Waals surface area contributed by atoms with Crippen LogP contribution in [0.1, 0.15) is 20.8 Å². The van der Waals surface area contributed by atoms with Gasteiger partial charge in [0.1, 0.15) is 11.3 Å². The number of carbonyl (C=O) groups excluding carboxylic acids is 1. The fraction of sp³-hybridized carbons (Fsp3) is 0.391. The van der Waals surface area contributed by atoms with Crippen LogP contribution in [0.15, 0.2) is 53.4 Å². The number of anilines is 1. The van der Waals surface area contributed by atoms with Crippen molar-refractivity contribution < 1.29 is 9.53 Å². The third-order valence-corrected chi connectivity index (χ3v) is 6.88. The summed E-state index contributed by atoms with van der Waals surface area (Å²) in [6.07, 6.45) is 0. The number of para-hydroxylation sites is 1. The lowest BCUT2D eigenvalue weighted by molar-refractivity contribution is -0.116. The Hall–Kier alpha value is -2.09. The molecule has 160 valence electrons. The zero-order valence-corrected chi connectivity index (χ0v) is 19.5. The molecule has 0 aliphatic rings. The van der Waals surface area contributed by atoms with Crippen LogP contribution in [-0.4, -0.2) is 54.3 Å². The number of thiazole rings is 1. The monoisotopic (exact) mass is 443 g/mol. The maximum absolute atomic E-state index is 13.2. The first-order valence-corrected chi connectivity index (χ1v) is 12.2. The summed E-state index contributed by atoms with van der Waals surface area (Å²) in [7, 11) is 0. The topological polar surface area (TPSA) is 45.7 Å². The first kappa shape index (κ1) is 22.6. The Bertz CT molecular complexity index is 942. The standard InChI is InChI=1S/C23H29N3O2S2/c1-4-25(5-2)15-16-26(21(27)17-29-18-11-8-7-9-12-18)23-24-22-19(28-6-3)13-10-14-20(22)30-23/h7-14H,4-6,15-17H2,1-3H3. The lowest BCUT2D eigenvalue weighted by Crippen LogP contribution is -2.39. The van der Waals surface area contributed by atoms with Crippen LogP contribution in [0.4, 0.5) is 5.13 Å². The van der Waals surface area contributed by atoms with Crippen LogP contribution in [0.5, 0.6) is 5.75 Å². The molecular weight excluding hydrogens is 414 g/mol. The summed E-state index contributed by atoms with van der Waals surface area (Å²) in [5.41, 5.74) is 0.829. The molecule has 0 atom stereocenters. The van der Waals surface area contributed by atoms with Gasteiger partial charge in [-0.15, -0.1) is 11.8 Å². The number of amides is 1. The van der Waals surface area contributed by atoms with Crippen molar-refractivity contribution in [3.8, 4) is 5.75 Å². The van der Waals surface area contributed by atoms with Crippen molar-refractivity contribution in [2.24, 2.45) is 0 Å². The maximum atomic E-state index is 13.2. The van der Waals surface area contributed by atoms with Gasteiger partial charge in [0.05, 0.1) is 17.1 Å². The van der Waals surface area contributed by atoms with Gasteiger partial charge in [0.25, 0.3) is 0 Å². The van der Waals surface area contributed by atoms with E-state index in [2.05, 4.69) is 18.7 Å². The molecule has 5 nitrogen and oxygen atoms in total. The number of rotatable bonds is 11. The molecule has 1 aromatic heterocycles. The van der Waals surface area contributed by atoms with Crippen LogP contribution in [0, 0.1) is 0 Å². The van der Waals surface area contributed by atoms with Gasteiger partial charge in [-0.1, -0.05) is 49.4 Å². The average Bonchev–Trinajstić information content (AvgIpc) is 3.21. The highest BCUT2D eigenvalue weighted by atomic mass is 32.2. The maximum Gasteiger partial charge on any atom is 0.239 e. The molecule has 3 rings (SSSR count). The van der Waals surface area contributed by atoms with Crippen molar-refractivity contribution in [2.45, 2.75) is 25.7 Å². The molecule has 0 radical (unpaired) electrons. The molecular formula is C23H29N3O2S2. The number of benzene rings is 2. The predicted octanol–water partition coefficient (Wildman–Crippen LogP) is 5.16. The Kier molecular flexibility index (Phi) is 8.54. The Labute approximate surface area is 187 Å². The third-order valence-electron chi connectivity index (χ3n) is 4.84. The van der Waals surface area contributed by atoms with E-state index in [1.807, 2.05) is 60.4 Å². The van der Waals surface area contributed by atoms with E-state index in [-0.39, 0.29) is 5.91 Å². The van der Waals surface area contributed by atoms with Crippen molar-refractivity contribution in [1.82, 2.24) is 9.88 Å². The van der Waals surface area contributed by atoms with Gasteiger partial charge in [0.2, 0.25) is 5.91 Å². The predicted molar refractivity (Wildman–Crippen MR) is 128 cm³/mol. The normalized spacial score (nSPS) is 11.2. The number of carbonyl (C=O) groups is 1. The fourth-order valence-electron chi connectivity index (χ4n) is 3.15. The summed E-state index contributed by atoms with van der Waals surface area (Å²) in [5.74, 6) is 1.23. The second kappa shape index (κ2) is 11.3. The Balaban J connectivity index is 1.83. The number of aromatic nitrogens is 1. The number of hydrogen-bond acceptors (Lipinski definition) is 6. The second-order valence-electron chi connectivity index (χ2n) is 6.71. The molecule has 3 aromatic rings. The highest BCUT2D eigenvalue weighted by Gasteiger charge is 2.21. The molecule has 0 saturated heterocycles. The third kappa shape index (κ3) is 5.74. The Morgan fingerprint density at radius 1 is 1.03 bits per heavy atom. The molecule has 0 aliphatic carbocycles. The lowest BCUT2D eigenvalue weighted by atomic mass is 10.3. The van der Waals surface area contributed by atoms with E-state index in [0.717, 1.165) is 45.6 Å². The zero-order valence-electron chi connectivity index (χ0n) is 17.8. The van der Waals surface area contributed by atoms with E-state index in [1.165, 1.54) is 0 Å². The number of thioether (sulfide) groups is 1. The van der Waals surface area contributed by atoms with Gasteiger partial charge in [-0.3, -0.25) is 9.69 Å². The van der Waals surface area contributed by atoms with Gasteiger partial charge in [0, 0.05) is 18.0 Å². The van der Waals surface area contributed by atoms with Crippen LogP contribution < -0.4 is 9.64 Å². The van der Waals surface area contributed by atoms with Gasteiger partial charge in [0.15, 0.2) is 5.13 Å². The molecule has 1 heterocycles. The van der Waals surface area contributed by atoms with Gasteiger partial charge in [-0.25, -0.2) is 4.98 Å². The van der Waals surface area contributed by atoms with Crippen molar-refractivity contribution in [3.63, 3.8) is 0 Å². The minimum atomic E-state index is 0.0769. The molecule has 0 saturated carbocycles. The highest BCUT2D eigenvalue weighted by molar-refractivity contribution is 8.00. The molecule has 0 aliphatic heterocycles. The van der Waals surface area contributed by atoms with Crippen molar-refractivity contribution >= 4 is 44.4 Å². The van der Waals surface area contributed by atoms with Gasteiger partial charge >= 0.3 is 0 Å².